The lowest BCUT2D eigenvalue weighted by atomic mass is 9.45. The Balaban J connectivity index is 1.45. The topological polar surface area (TPSA) is 129 Å². The van der Waals surface area contributed by atoms with Crippen LogP contribution in [0.3, 0.4) is 0 Å². The van der Waals surface area contributed by atoms with Gasteiger partial charge in [-0.05, 0) is 117 Å². The average molecular weight is 719 g/mol. The summed E-state index contributed by atoms with van der Waals surface area (Å²) in [6.07, 6.45) is 2.04. The second-order valence-electron chi connectivity index (χ2n) is 16.5. The van der Waals surface area contributed by atoms with Crippen molar-refractivity contribution in [3.63, 3.8) is 0 Å². The molecule has 4 N–H and O–H groups in total. The van der Waals surface area contributed by atoms with Crippen molar-refractivity contribution in [3.8, 4) is 11.1 Å². The molecule has 3 aliphatic carbocycles. The maximum absolute atomic E-state index is 14.6. The number of fused-ring (bicyclic) bond motifs is 2. The number of hydrogen-bond donors (Lipinski definition) is 3. The summed E-state index contributed by atoms with van der Waals surface area (Å²) in [4.78, 5) is 50.9. The molecule has 2 bridgehead atoms. The van der Waals surface area contributed by atoms with Crippen LogP contribution in [-0.4, -0.2) is 100 Å². The van der Waals surface area contributed by atoms with Gasteiger partial charge in [-0.2, -0.15) is 5.06 Å². The zero-order valence-corrected chi connectivity index (χ0v) is 33.0. The number of nitrogens with zero attached hydrogens (tertiary/aromatic N) is 3. The quantitative estimate of drug-likeness (QED) is 0.240. The van der Waals surface area contributed by atoms with Crippen molar-refractivity contribution in [1.29, 1.82) is 0 Å². The van der Waals surface area contributed by atoms with Gasteiger partial charge < -0.3 is 30.9 Å². The first kappa shape index (κ1) is 39.7. The van der Waals surface area contributed by atoms with Gasteiger partial charge in [0.15, 0.2) is 0 Å². The van der Waals surface area contributed by atoms with E-state index in [0.29, 0.717) is 48.1 Å². The molecule has 3 saturated carbocycles. The number of ether oxygens (including phenoxy) is 1. The lowest BCUT2D eigenvalue weighted by Crippen LogP contribution is -2.62. The lowest BCUT2D eigenvalue weighted by molar-refractivity contribution is -0.175. The first-order valence-electron chi connectivity index (χ1n) is 19.0. The smallest absolute Gasteiger partial charge is 0.306 e. The molecule has 1 aliphatic heterocycles. The molecule has 1 heterocycles. The molecule has 4 fully saturated rings. The third-order valence-electron chi connectivity index (χ3n) is 12.4. The normalized spacial score (nSPS) is 27.1. The number of anilines is 1. The van der Waals surface area contributed by atoms with Gasteiger partial charge in [0.05, 0.1) is 18.6 Å². The van der Waals surface area contributed by atoms with Crippen LogP contribution < -0.4 is 21.3 Å². The van der Waals surface area contributed by atoms with Gasteiger partial charge in [0.1, 0.15) is 12.1 Å². The van der Waals surface area contributed by atoms with Crippen molar-refractivity contribution < 1.29 is 24.0 Å². The number of carbonyl (C=O) groups excluding carboxylic acids is 3. The summed E-state index contributed by atoms with van der Waals surface area (Å²) in [7, 11) is 9.50. The molecule has 1 saturated heterocycles. The van der Waals surface area contributed by atoms with E-state index >= 15 is 0 Å². The van der Waals surface area contributed by atoms with Gasteiger partial charge in [-0.1, -0.05) is 39.0 Å². The Morgan fingerprint density at radius 3 is 2.46 bits per heavy atom. The minimum absolute atomic E-state index is 0.0659. The van der Waals surface area contributed by atoms with E-state index in [1.54, 1.807) is 12.1 Å². The molecule has 4 aliphatic rings. The number of benzene rings is 2. The fourth-order valence-electron chi connectivity index (χ4n) is 9.03. The third-order valence-corrected chi connectivity index (χ3v) is 12.4. The van der Waals surface area contributed by atoms with E-state index in [9.17, 15) is 14.4 Å². The minimum atomic E-state index is -0.725. The van der Waals surface area contributed by atoms with E-state index in [-0.39, 0.29) is 30.4 Å². The molecule has 0 spiro atoms. The van der Waals surface area contributed by atoms with Gasteiger partial charge in [0, 0.05) is 51.4 Å². The van der Waals surface area contributed by atoms with Crippen LogP contribution in [-0.2, 0) is 25.7 Å². The Morgan fingerprint density at radius 1 is 1.12 bits per heavy atom. The molecule has 0 unspecified atom stereocenters. The van der Waals surface area contributed by atoms with Crippen LogP contribution in [0.2, 0.25) is 0 Å². The van der Waals surface area contributed by atoms with E-state index in [1.165, 1.54) is 6.42 Å². The van der Waals surface area contributed by atoms with Crippen molar-refractivity contribution in [3.05, 3.63) is 53.1 Å². The van der Waals surface area contributed by atoms with Crippen LogP contribution in [0, 0.1) is 36.0 Å². The molecule has 2 amide bonds. The summed E-state index contributed by atoms with van der Waals surface area (Å²) in [6.45, 7) is 12.2. The number of carbonyl (C=O) groups is 3. The van der Waals surface area contributed by atoms with Crippen LogP contribution >= 0.6 is 0 Å². The molecule has 52 heavy (non-hydrogen) atoms. The number of hydrogen-bond acceptors (Lipinski definition) is 9. The molecule has 11 heteroatoms. The number of esters is 1. The highest BCUT2D eigenvalue weighted by atomic mass is 16.7. The fraction of sp³-hybridized carbons (Fsp3) is 0.634. The van der Waals surface area contributed by atoms with E-state index in [4.69, 9.17) is 15.3 Å². The van der Waals surface area contributed by atoms with Crippen molar-refractivity contribution in [2.45, 2.75) is 91.1 Å². The van der Waals surface area contributed by atoms with Gasteiger partial charge in [-0.25, -0.2) is 0 Å². The van der Waals surface area contributed by atoms with E-state index in [0.717, 1.165) is 40.9 Å². The molecule has 11 nitrogen and oxygen atoms in total. The van der Waals surface area contributed by atoms with Crippen molar-refractivity contribution in [1.82, 2.24) is 20.6 Å². The Bertz CT molecular complexity index is 1610. The molecule has 8 atom stereocenters. The van der Waals surface area contributed by atoms with E-state index < -0.39 is 24.2 Å². The highest BCUT2D eigenvalue weighted by molar-refractivity contribution is 5.96. The number of rotatable bonds is 14. The molecule has 286 valence electrons. The maximum atomic E-state index is 14.6. The zero-order valence-electron chi connectivity index (χ0n) is 33.0. The van der Waals surface area contributed by atoms with Crippen LogP contribution in [0.15, 0.2) is 36.4 Å². The van der Waals surface area contributed by atoms with Gasteiger partial charge in [-0.15, -0.1) is 0 Å². The second kappa shape index (κ2) is 16.2. The summed E-state index contributed by atoms with van der Waals surface area (Å²) < 4.78 is 6.02. The van der Waals surface area contributed by atoms with E-state index in [2.05, 4.69) is 50.5 Å². The average Bonchev–Trinajstić information content (AvgIpc) is 3.47. The monoisotopic (exact) mass is 718 g/mol. The predicted octanol–water partition coefficient (Wildman–Crippen LogP) is 4.61. The van der Waals surface area contributed by atoms with Crippen molar-refractivity contribution in [2.24, 2.45) is 34.8 Å². The molecular weight excluding hydrogens is 656 g/mol. The molecule has 0 radical (unpaired) electrons. The number of nitrogens with one attached hydrogen (secondary N) is 2. The molecule has 6 rings (SSSR count). The second-order valence-corrected chi connectivity index (χ2v) is 16.5. The molecule has 2 aromatic rings. The summed E-state index contributed by atoms with van der Waals surface area (Å²) in [5, 5.41) is 7.97. The summed E-state index contributed by atoms with van der Waals surface area (Å²) in [5.41, 5.74) is 12.0. The maximum Gasteiger partial charge on any atom is 0.306 e. The SMILES string of the molecule is CNC(=O)c1cc(-c2cccc(CN3O[C@@H](CN)[C@@H]([C@H](C)OC(=O)CCCN(C)C)[C@H]3C(=O)N[C@H]3C[C@H]4C[C@@H]([C@@H]3C)C4(C)C)c2C)cc(N(C)C)c1. The Morgan fingerprint density at radius 2 is 1.85 bits per heavy atom. The number of hydroxylamine groups is 2. The standard InChI is InChI=1S/C41H62N6O5/c1-24-27(13-11-14-32(24)28-17-29(39(49)43-6)19-31(18-28)46(9)10)23-47-38(40(50)44-34-21-30-20-33(25(34)2)41(30,4)5)37(35(22-42)52-47)26(3)51-36(48)15-12-16-45(7)8/h11,13-14,17-19,25-26,30,33-35,37-38H,12,15-16,20-23,42H2,1-10H3,(H,43,49)(H,44,50)/t25-,26-,30+,33-,34-,35-,37+,38-/m0/s1. The molecule has 0 aromatic heterocycles. The van der Waals surface area contributed by atoms with E-state index in [1.807, 2.05) is 69.2 Å². The molecule has 2 aromatic carbocycles. The highest BCUT2D eigenvalue weighted by Crippen LogP contribution is 2.61. The minimum Gasteiger partial charge on any atom is -0.462 e. The van der Waals surface area contributed by atoms with Gasteiger partial charge >= 0.3 is 5.97 Å². The van der Waals surface area contributed by atoms with Gasteiger partial charge in [-0.3, -0.25) is 19.2 Å². The zero-order chi connectivity index (χ0) is 38.1. The number of nitrogens with two attached hydrogens (primary N) is 1. The van der Waals surface area contributed by atoms with Gasteiger partial charge in [0.2, 0.25) is 5.91 Å². The Labute approximate surface area is 310 Å². The number of amides is 2. The Kier molecular flexibility index (Phi) is 12.4. The van der Waals surface area contributed by atoms with Crippen LogP contribution in [0.1, 0.15) is 74.9 Å². The Hall–Kier alpha value is -3.51. The summed E-state index contributed by atoms with van der Waals surface area (Å²) in [5.74, 6) is 0.487. The summed E-state index contributed by atoms with van der Waals surface area (Å²) in [6, 6.07) is 11.3. The third kappa shape index (κ3) is 8.17. The first-order chi connectivity index (χ1) is 24.6. The fourth-order valence-corrected chi connectivity index (χ4v) is 9.03. The lowest BCUT2D eigenvalue weighted by Gasteiger charge is -2.62. The highest BCUT2D eigenvalue weighted by Gasteiger charge is 2.57. The van der Waals surface area contributed by atoms with Crippen LogP contribution in [0.4, 0.5) is 5.69 Å². The molecular formula is C41H62N6O5. The van der Waals surface area contributed by atoms with Gasteiger partial charge in [0.25, 0.3) is 5.91 Å². The predicted molar refractivity (Wildman–Crippen MR) is 206 cm³/mol. The largest absolute Gasteiger partial charge is 0.462 e. The summed E-state index contributed by atoms with van der Waals surface area (Å²) >= 11 is 0. The van der Waals surface area contributed by atoms with Crippen LogP contribution in [0.5, 0.6) is 0 Å². The van der Waals surface area contributed by atoms with Crippen LogP contribution in [0.25, 0.3) is 11.1 Å². The van der Waals surface area contributed by atoms with Crippen molar-refractivity contribution >= 4 is 23.5 Å². The van der Waals surface area contributed by atoms with Crippen molar-refractivity contribution in [2.75, 3.05) is 53.2 Å². The first-order valence-corrected chi connectivity index (χ1v) is 19.0.